The van der Waals surface area contributed by atoms with Crippen LogP contribution in [0.3, 0.4) is 0 Å². The number of anilines is 3. The minimum Gasteiger partial charge on any atom is -0.447 e. The summed E-state index contributed by atoms with van der Waals surface area (Å²) >= 11 is 0. The van der Waals surface area contributed by atoms with E-state index in [-0.39, 0.29) is 47.1 Å². The van der Waals surface area contributed by atoms with Crippen molar-refractivity contribution in [3.8, 4) is 0 Å². The van der Waals surface area contributed by atoms with E-state index >= 15 is 0 Å². The Labute approximate surface area is 173 Å². The lowest BCUT2D eigenvalue weighted by Gasteiger charge is -2.37. The van der Waals surface area contributed by atoms with Crippen molar-refractivity contribution in [3.63, 3.8) is 0 Å². The summed E-state index contributed by atoms with van der Waals surface area (Å²) in [5, 5.41) is 6.49. The highest BCUT2D eigenvalue weighted by Gasteiger charge is 2.38. The third kappa shape index (κ3) is 3.14. The number of halogens is 2. The number of hydrogen-bond acceptors (Lipinski definition) is 8. The van der Waals surface area contributed by atoms with Gasteiger partial charge in [0.1, 0.15) is 17.9 Å². The number of carbonyl (C=O) groups excluding carboxylic acids is 2. The van der Waals surface area contributed by atoms with Gasteiger partial charge in [0.25, 0.3) is 5.91 Å². The normalized spacial score (nSPS) is 18.3. The second-order valence-electron chi connectivity index (χ2n) is 7.14. The molecule has 160 valence electrons. The van der Waals surface area contributed by atoms with Gasteiger partial charge in [-0.3, -0.25) is 14.7 Å². The number of ether oxygens (including phenoxy) is 1. The second-order valence-corrected chi connectivity index (χ2v) is 7.14. The molecule has 2 aliphatic heterocycles. The van der Waals surface area contributed by atoms with Crippen molar-refractivity contribution in [2.45, 2.75) is 6.04 Å². The van der Waals surface area contributed by atoms with E-state index in [1.807, 2.05) is 0 Å². The van der Waals surface area contributed by atoms with Gasteiger partial charge in [0.05, 0.1) is 36.5 Å². The van der Waals surface area contributed by atoms with Crippen LogP contribution in [0, 0.1) is 11.6 Å². The van der Waals surface area contributed by atoms with E-state index in [9.17, 15) is 18.4 Å². The Bertz CT molecular complexity index is 1220. The van der Waals surface area contributed by atoms with Crippen LogP contribution < -0.4 is 16.0 Å². The first-order chi connectivity index (χ1) is 14.9. The molecule has 2 fully saturated rings. The monoisotopic (exact) mass is 430 g/mol. The number of pyridine rings is 1. The number of rotatable bonds is 3. The van der Waals surface area contributed by atoms with Gasteiger partial charge >= 0.3 is 6.09 Å². The molecule has 11 nitrogen and oxygen atoms in total. The van der Waals surface area contributed by atoms with Crippen LogP contribution >= 0.6 is 0 Å². The van der Waals surface area contributed by atoms with Gasteiger partial charge in [-0.25, -0.2) is 23.1 Å². The van der Waals surface area contributed by atoms with E-state index in [0.717, 1.165) is 23.1 Å². The molecular weight excluding hydrogens is 414 g/mol. The molecule has 31 heavy (non-hydrogen) atoms. The average molecular weight is 430 g/mol. The molecule has 3 aromatic rings. The molecule has 0 bridgehead atoms. The lowest BCUT2D eigenvalue weighted by Crippen LogP contribution is -2.52. The topological polar surface area (TPSA) is 131 Å². The fourth-order valence-corrected chi connectivity index (χ4v) is 3.86. The number of aromatic nitrogens is 4. The second kappa shape index (κ2) is 7.04. The summed E-state index contributed by atoms with van der Waals surface area (Å²) < 4.78 is 34.3. The molecule has 3 N–H and O–H groups in total. The summed E-state index contributed by atoms with van der Waals surface area (Å²) in [7, 11) is 0. The van der Waals surface area contributed by atoms with Crippen molar-refractivity contribution < 1.29 is 23.1 Å². The minimum atomic E-state index is -0.696. The summed E-state index contributed by atoms with van der Waals surface area (Å²) in [6.07, 6.45) is 3.94. The van der Waals surface area contributed by atoms with Crippen molar-refractivity contribution >= 4 is 34.8 Å². The molecule has 2 aliphatic rings. The fraction of sp³-hybridized carbons (Fsp3) is 0.278. The maximum absolute atomic E-state index is 14.8. The Morgan fingerprint density at radius 3 is 2.94 bits per heavy atom. The van der Waals surface area contributed by atoms with E-state index in [0.29, 0.717) is 19.6 Å². The Balaban J connectivity index is 1.46. The summed E-state index contributed by atoms with van der Waals surface area (Å²) in [6.45, 7) is 1.24. The predicted molar refractivity (Wildman–Crippen MR) is 104 cm³/mol. The molecule has 5 heterocycles. The molecule has 13 heteroatoms. The maximum atomic E-state index is 14.8. The summed E-state index contributed by atoms with van der Waals surface area (Å²) in [5.41, 5.74) is 6.06. The van der Waals surface area contributed by atoms with Gasteiger partial charge in [0.15, 0.2) is 23.1 Å². The van der Waals surface area contributed by atoms with Gasteiger partial charge in [0, 0.05) is 19.6 Å². The number of nitrogens with one attached hydrogen (secondary N) is 1. The van der Waals surface area contributed by atoms with Crippen LogP contribution in [-0.2, 0) is 4.74 Å². The zero-order valence-corrected chi connectivity index (χ0v) is 16.0. The van der Waals surface area contributed by atoms with Crippen molar-refractivity contribution in [2.75, 3.05) is 42.2 Å². The maximum Gasteiger partial charge on any atom is 0.410 e. The van der Waals surface area contributed by atoms with Crippen LogP contribution in [0.5, 0.6) is 0 Å². The van der Waals surface area contributed by atoms with Crippen LogP contribution in [0.2, 0.25) is 0 Å². The van der Waals surface area contributed by atoms with E-state index < -0.39 is 17.5 Å². The average Bonchev–Trinajstić information content (AvgIpc) is 3.26. The summed E-state index contributed by atoms with van der Waals surface area (Å²) in [4.78, 5) is 35.7. The van der Waals surface area contributed by atoms with Crippen LogP contribution in [0.4, 0.5) is 30.8 Å². The lowest BCUT2D eigenvalue weighted by atomic mass is 10.1. The number of nitrogen functional groups attached to an aromatic ring is 1. The largest absolute Gasteiger partial charge is 0.447 e. The number of hydrogen-bond donors (Lipinski definition) is 2. The van der Waals surface area contributed by atoms with Gasteiger partial charge in [-0.2, -0.15) is 0 Å². The highest BCUT2D eigenvalue weighted by atomic mass is 19.1. The van der Waals surface area contributed by atoms with E-state index in [1.165, 1.54) is 6.20 Å². The number of amides is 2. The zero-order valence-electron chi connectivity index (χ0n) is 16.0. The molecular formula is C18H16F2N8O3. The fourth-order valence-electron chi connectivity index (χ4n) is 3.86. The van der Waals surface area contributed by atoms with Gasteiger partial charge in [-0.05, 0) is 0 Å². The van der Waals surface area contributed by atoms with Crippen LogP contribution in [0.15, 0.2) is 24.8 Å². The Hall–Kier alpha value is -4.03. The van der Waals surface area contributed by atoms with Crippen molar-refractivity contribution in [1.82, 2.24) is 24.5 Å². The Morgan fingerprint density at radius 2 is 2.10 bits per heavy atom. The SMILES string of the molecule is Nc1nn2cc(F)cnc2c1C(=O)Nc1cncc(F)c1N1CCN2C(=O)OC[C@@H]2C1. The molecule has 0 saturated carbocycles. The molecule has 0 aliphatic carbocycles. The van der Waals surface area contributed by atoms with Crippen LogP contribution in [0.1, 0.15) is 10.4 Å². The van der Waals surface area contributed by atoms with E-state index in [4.69, 9.17) is 10.5 Å². The molecule has 1 atom stereocenters. The van der Waals surface area contributed by atoms with Gasteiger partial charge < -0.3 is 20.7 Å². The molecule has 5 rings (SSSR count). The zero-order chi connectivity index (χ0) is 21.7. The Morgan fingerprint density at radius 1 is 1.26 bits per heavy atom. The molecule has 3 aromatic heterocycles. The molecule has 2 amide bonds. The lowest BCUT2D eigenvalue weighted by molar-refractivity contribution is 0.102. The third-order valence-corrected chi connectivity index (χ3v) is 5.25. The number of nitrogens with zero attached hydrogens (tertiary/aromatic N) is 6. The van der Waals surface area contributed by atoms with Crippen LogP contribution in [-0.4, -0.2) is 68.8 Å². The first-order valence-electron chi connectivity index (χ1n) is 9.35. The summed E-state index contributed by atoms with van der Waals surface area (Å²) in [6, 6.07) is -0.216. The van der Waals surface area contributed by atoms with Crippen molar-refractivity contribution in [1.29, 1.82) is 0 Å². The molecule has 0 aromatic carbocycles. The van der Waals surface area contributed by atoms with E-state index in [2.05, 4.69) is 20.4 Å². The predicted octanol–water partition coefficient (Wildman–Crippen LogP) is 0.878. The third-order valence-electron chi connectivity index (χ3n) is 5.25. The first kappa shape index (κ1) is 19.0. The highest BCUT2D eigenvalue weighted by Crippen LogP contribution is 2.32. The summed E-state index contributed by atoms with van der Waals surface area (Å²) in [5.74, 6) is -2.13. The van der Waals surface area contributed by atoms with Crippen molar-refractivity contribution in [2.24, 2.45) is 0 Å². The minimum absolute atomic E-state index is 0.0533. The number of piperazine rings is 1. The smallest absolute Gasteiger partial charge is 0.410 e. The van der Waals surface area contributed by atoms with Gasteiger partial charge in [-0.15, -0.1) is 5.10 Å². The number of fused-ring (bicyclic) bond motifs is 2. The first-order valence-corrected chi connectivity index (χ1v) is 9.35. The van der Waals surface area contributed by atoms with E-state index in [1.54, 1.807) is 9.80 Å². The highest BCUT2D eigenvalue weighted by molar-refractivity contribution is 6.12. The number of nitrogens with two attached hydrogens (primary N) is 1. The molecule has 0 spiro atoms. The Kier molecular flexibility index (Phi) is 4.30. The molecule has 0 radical (unpaired) electrons. The van der Waals surface area contributed by atoms with Gasteiger partial charge in [0.2, 0.25) is 0 Å². The molecule has 2 saturated heterocycles. The standard InChI is InChI=1S/C18H16F2N8O3/c19-9-3-23-16-13(15(21)25-28(16)6-9)17(29)24-12-5-22-4-11(20)14(12)26-1-2-27-10(7-26)8-31-18(27)30/h3-6,10H,1-2,7-8H2,(H2,21,25)(H,24,29)/t10-/m0/s1. The van der Waals surface area contributed by atoms with Crippen LogP contribution in [0.25, 0.3) is 5.65 Å². The van der Waals surface area contributed by atoms with Gasteiger partial charge in [-0.1, -0.05) is 0 Å². The number of cyclic esters (lactones) is 1. The van der Waals surface area contributed by atoms with Crippen molar-refractivity contribution in [3.05, 3.63) is 42.0 Å². The quantitative estimate of drug-likeness (QED) is 0.626. The molecule has 0 unspecified atom stereocenters. The number of carbonyl (C=O) groups is 2.